The van der Waals surface area contributed by atoms with Crippen LogP contribution in [0.15, 0.2) is 0 Å². The highest BCUT2D eigenvalue weighted by atomic mass is 19.4. The fourth-order valence-corrected chi connectivity index (χ4v) is 1.96. The van der Waals surface area contributed by atoms with Crippen molar-refractivity contribution in [1.29, 1.82) is 0 Å². The Bertz CT molecular complexity index is 312. The Morgan fingerprint density at radius 1 is 1.33 bits per heavy atom. The molecule has 0 radical (unpaired) electrons. The molecule has 0 bridgehead atoms. The molecule has 106 valence electrons. The van der Waals surface area contributed by atoms with Crippen molar-refractivity contribution < 1.29 is 22.7 Å². The van der Waals surface area contributed by atoms with E-state index in [4.69, 9.17) is 10.5 Å². The molecule has 1 amide bonds. The van der Waals surface area contributed by atoms with Gasteiger partial charge < -0.3 is 15.4 Å². The lowest BCUT2D eigenvalue weighted by Gasteiger charge is -2.24. The summed E-state index contributed by atoms with van der Waals surface area (Å²) in [5.41, 5.74) is 4.62. The molecule has 1 saturated heterocycles. The molecule has 1 heterocycles. The zero-order valence-corrected chi connectivity index (χ0v) is 10.8. The Kier molecular flexibility index (Phi) is 4.15. The minimum absolute atomic E-state index is 0.00438. The first-order valence-corrected chi connectivity index (χ1v) is 5.79. The van der Waals surface area contributed by atoms with Crippen LogP contribution in [0.3, 0.4) is 0 Å². The fourth-order valence-electron chi connectivity index (χ4n) is 1.96. The summed E-state index contributed by atoms with van der Waals surface area (Å²) < 4.78 is 43.3. The average molecular weight is 268 g/mol. The third-order valence-electron chi connectivity index (χ3n) is 2.82. The quantitative estimate of drug-likeness (QED) is 0.791. The van der Waals surface area contributed by atoms with Crippen LogP contribution < -0.4 is 5.73 Å². The Morgan fingerprint density at radius 2 is 1.89 bits per heavy atom. The Balaban J connectivity index is 2.70. The highest BCUT2D eigenvalue weighted by molar-refractivity contribution is 5.68. The number of likely N-dealkylation sites (tertiary alicyclic amines) is 1. The first-order valence-electron chi connectivity index (χ1n) is 5.79. The molecule has 2 atom stereocenters. The number of amides is 1. The maximum atomic E-state index is 12.7. The minimum atomic E-state index is -4.33. The van der Waals surface area contributed by atoms with Gasteiger partial charge in [0.15, 0.2) is 0 Å². The molecule has 0 saturated carbocycles. The first kappa shape index (κ1) is 15.1. The van der Waals surface area contributed by atoms with Crippen molar-refractivity contribution in [3.63, 3.8) is 0 Å². The molecule has 0 aromatic heterocycles. The summed E-state index contributed by atoms with van der Waals surface area (Å²) in [6.45, 7) is 4.53. The largest absolute Gasteiger partial charge is 0.444 e. The minimum Gasteiger partial charge on any atom is -0.444 e. The maximum absolute atomic E-state index is 12.7. The number of rotatable bonds is 1. The second-order valence-corrected chi connectivity index (χ2v) is 5.53. The van der Waals surface area contributed by atoms with Gasteiger partial charge in [-0.1, -0.05) is 0 Å². The smallest absolute Gasteiger partial charge is 0.410 e. The number of hydrogen-bond donors (Lipinski definition) is 1. The molecule has 1 aliphatic heterocycles. The molecule has 1 aliphatic rings. The zero-order chi connectivity index (χ0) is 14.1. The lowest BCUT2D eigenvalue weighted by Crippen LogP contribution is -2.36. The van der Waals surface area contributed by atoms with Gasteiger partial charge in [0.25, 0.3) is 0 Å². The molecule has 0 aliphatic carbocycles. The summed E-state index contributed by atoms with van der Waals surface area (Å²) in [6.07, 6.45) is -5.05. The van der Waals surface area contributed by atoms with Crippen molar-refractivity contribution in [3.8, 4) is 0 Å². The molecule has 1 fully saturated rings. The van der Waals surface area contributed by atoms with E-state index in [1.165, 1.54) is 0 Å². The van der Waals surface area contributed by atoms with Crippen molar-refractivity contribution in [3.05, 3.63) is 0 Å². The number of nitrogens with two attached hydrogens (primary N) is 1. The van der Waals surface area contributed by atoms with Gasteiger partial charge in [-0.25, -0.2) is 4.79 Å². The second kappa shape index (κ2) is 4.95. The first-order chi connectivity index (χ1) is 8.04. The topological polar surface area (TPSA) is 55.6 Å². The van der Waals surface area contributed by atoms with Crippen molar-refractivity contribution in [2.75, 3.05) is 19.6 Å². The summed E-state index contributed by atoms with van der Waals surface area (Å²) in [4.78, 5) is 12.8. The lowest BCUT2D eigenvalue weighted by molar-refractivity contribution is -0.179. The molecular weight excluding hydrogens is 249 g/mol. The van der Waals surface area contributed by atoms with Crippen LogP contribution in [0.4, 0.5) is 18.0 Å². The molecule has 4 nitrogen and oxygen atoms in total. The van der Waals surface area contributed by atoms with E-state index in [9.17, 15) is 18.0 Å². The summed E-state index contributed by atoms with van der Waals surface area (Å²) >= 11 is 0. The number of ether oxygens (including phenoxy) is 1. The van der Waals surface area contributed by atoms with Gasteiger partial charge in [0.1, 0.15) is 5.60 Å². The third kappa shape index (κ3) is 3.76. The van der Waals surface area contributed by atoms with Gasteiger partial charge >= 0.3 is 12.3 Å². The second-order valence-electron chi connectivity index (χ2n) is 5.53. The maximum Gasteiger partial charge on any atom is 0.410 e. The predicted molar refractivity (Wildman–Crippen MR) is 59.9 cm³/mol. The van der Waals surface area contributed by atoms with Gasteiger partial charge in [0.2, 0.25) is 0 Å². The van der Waals surface area contributed by atoms with Gasteiger partial charge in [-0.15, -0.1) is 0 Å². The van der Waals surface area contributed by atoms with Crippen molar-refractivity contribution in [2.45, 2.75) is 32.5 Å². The summed E-state index contributed by atoms with van der Waals surface area (Å²) in [7, 11) is 0. The number of nitrogens with zero attached hydrogens (tertiary/aromatic N) is 1. The molecule has 0 aromatic rings. The van der Waals surface area contributed by atoms with Crippen LogP contribution >= 0.6 is 0 Å². The van der Waals surface area contributed by atoms with Crippen molar-refractivity contribution in [2.24, 2.45) is 17.6 Å². The van der Waals surface area contributed by atoms with Crippen LogP contribution in [0.2, 0.25) is 0 Å². The lowest BCUT2D eigenvalue weighted by atomic mass is 9.96. The molecule has 0 spiro atoms. The van der Waals surface area contributed by atoms with E-state index in [0.717, 1.165) is 4.90 Å². The number of carbonyl (C=O) groups excluding carboxylic acids is 1. The van der Waals surface area contributed by atoms with Crippen LogP contribution in [0.25, 0.3) is 0 Å². The molecule has 0 aromatic carbocycles. The van der Waals surface area contributed by atoms with Gasteiger partial charge in [-0.3, -0.25) is 0 Å². The van der Waals surface area contributed by atoms with E-state index in [2.05, 4.69) is 0 Å². The zero-order valence-electron chi connectivity index (χ0n) is 10.8. The van der Waals surface area contributed by atoms with E-state index in [-0.39, 0.29) is 19.6 Å². The predicted octanol–water partition coefficient (Wildman–Crippen LogP) is 1.99. The van der Waals surface area contributed by atoms with Crippen molar-refractivity contribution in [1.82, 2.24) is 4.90 Å². The number of hydrogen-bond acceptors (Lipinski definition) is 3. The Labute approximate surface area is 104 Å². The molecular formula is C11H19F3N2O2. The van der Waals surface area contributed by atoms with E-state index in [0.29, 0.717) is 0 Å². The Morgan fingerprint density at radius 3 is 2.22 bits per heavy atom. The van der Waals surface area contributed by atoms with Crippen LogP contribution in [-0.2, 0) is 4.74 Å². The van der Waals surface area contributed by atoms with E-state index >= 15 is 0 Å². The molecule has 7 heteroatoms. The monoisotopic (exact) mass is 268 g/mol. The van der Waals surface area contributed by atoms with Crippen LogP contribution in [0.1, 0.15) is 20.8 Å². The summed E-state index contributed by atoms with van der Waals surface area (Å²) in [5, 5.41) is 0. The molecule has 0 unspecified atom stereocenters. The van der Waals surface area contributed by atoms with Crippen LogP contribution in [0.5, 0.6) is 0 Å². The molecule has 2 N–H and O–H groups in total. The van der Waals surface area contributed by atoms with Crippen molar-refractivity contribution >= 4 is 6.09 Å². The van der Waals surface area contributed by atoms with Gasteiger partial charge in [-0.2, -0.15) is 13.2 Å². The van der Waals surface area contributed by atoms with E-state index < -0.39 is 29.7 Å². The summed E-state index contributed by atoms with van der Waals surface area (Å²) in [5.74, 6) is -2.31. The van der Waals surface area contributed by atoms with Crippen LogP contribution in [-0.4, -0.2) is 42.4 Å². The normalized spacial score (nSPS) is 25.4. The fraction of sp³-hybridized carbons (Fsp3) is 0.909. The highest BCUT2D eigenvalue weighted by Crippen LogP contribution is 2.37. The van der Waals surface area contributed by atoms with E-state index in [1.54, 1.807) is 20.8 Å². The van der Waals surface area contributed by atoms with Gasteiger partial charge in [0.05, 0.1) is 5.92 Å². The van der Waals surface area contributed by atoms with Gasteiger partial charge in [0, 0.05) is 19.0 Å². The highest BCUT2D eigenvalue weighted by Gasteiger charge is 2.50. The third-order valence-corrected chi connectivity index (χ3v) is 2.82. The molecule has 18 heavy (non-hydrogen) atoms. The SMILES string of the molecule is CC(C)(C)OC(=O)N1C[C@@H](CN)[C@H](C(F)(F)F)C1. The standard InChI is InChI=1S/C11H19F3N2O2/c1-10(2,3)18-9(17)16-5-7(4-15)8(6-16)11(12,13)14/h7-8H,4-6,15H2,1-3H3/t7-,8-/m1/s1. The number of carbonyl (C=O) groups is 1. The number of halogens is 3. The summed E-state index contributed by atoms with van der Waals surface area (Å²) in [6, 6.07) is 0. The molecule has 1 rings (SSSR count). The van der Waals surface area contributed by atoms with Crippen LogP contribution in [0, 0.1) is 11.8 Å². The Hall–Kier alpha value is -0.980. The van der Waals surface area contributed by atoms with E-state index in [1.807, 2.05) is 0 Å². The average Bonchev–Trinajstić information content (AvgIpc) is 2.57. The number of alkyl halides is 3. The van der Waals surface area contributed by atoms with Gasteiger partial charge in [-0.05, 0) is 27.3 Å².